The number of carboxylic acid groups (broad SMARTS) is 1. The zero-order valence-electron chi connectivity index (χ0n) is 20.8. The summed E-state index contributed by atoms with van der Waals surface area (Å²) in [6, 6.07) is 10.4. The lowest BCUT2D eigenvalue weighted by molar-refractivity contribution is -0.142. The molecule has 3 saturated carbocycles. The van der Waals surface area contributed by atoms with E-state index < -0.39 is 11.6 Å². The third-order valence-corrected chi connectivity index (χ3v) is 7.68. The molecular formula is C27H35N3O5. The molecule has 0 unspecified atom stereocenters. The van der Waals surface area contributed by atoms with Crippen LogP contribution >= 0.6 is 0 Å². The van der Waals surface area contributed by atoms with Gasteiger partial charge in [-0.05, 0) is 71.3 Å². The van der Waals surface area contributed by atoms with Gasteiger partial charge in [0.15, 0.2) is 5.82 Å². The van der Waals surface area contributed by atoms with E-state index in [-0.39, 0.29) is 29.4 Å². The average Bonchev–Trinajstić information content (AvgIpc) is 3.73. The van der Waals surface area contributed by atoms with Crippen LogP contribution < -0.4 is 0 Å². The van der Waals surface area contributed by atoms with E-state index in [1.165, 1.54) is 5.56 Å². The number of hydrogen-bond donors (Lipinski definition) is 1. The first kappa shape index (κ1) is 23.8. The highest BCUT2D eigenvalue weighted by atomic mass is 16.6. The Balaban J connectivity index is 1.31. The molecule has 3 aliphatic carbocycles. The Hall–Kier alpha value is -2.90. The van der Waals surface area contributed by atoms with Crippen LogP contribution in [-0.2, 0) is 14.9 Å². The van der Waals surface area contributed by atoms with Crippen molar-refractivity contribution in [1.29, 1.82) is 0 Å². The summed E-state index contributed by atoms with van der Waals surface area (Å²) >= 11 is 0. The average molecular weight is 482 g/mol. The molecule has 0 spiro atoms. The van der Waals surface area contributed by atoms with Crippen LogP contribution in [0.2, 0.25) is 0 Å². The van der Waals surface area contributed by atoms with Crippen molar-refractivity contribution in [2.75, 3.05) is 6.54 Å². The molecule has 0 radical (unpaired) electrons. The number of amides is 1. The van der Waals surface area contributed by atoms with Crippen LogP contribution in [0.25, 0.3) is 0 Å². The second-order valence-electron chi connectivity index (χ2n) is 11.6. The molecule has 0 saturated heterocycles. The molecule has 8 heteroatoms. The number of nitrogens with zero attached hydrogens (tertiary/aromatic N) is 3. The molecule has 3 aliphatic rings. The highest BCUT2D eigenvalue weighted by Crippen LogP contribution is 2.52. The predicted molar refractivity (Wildman–Crippen MR) is 128 cm³/mol. The first-order chi connectivity index (χ1) is 16.7. The number of ether oxygens (including phenoxy) is 1. The maximum absolute atomic E-state index is 13.3. The predicted octanol–water partition coefficient (Wildman–Crippen LogP) is 5.25. The van der Waals surface area contributed by atoms with E-state index in [2.05, 4.69) is 17.3 Å². The maximum atomic E-state index is 13.3. The third-order valence-electron chi connectivity index (χ3n) is 7.68. The fourth-order valence-corrected chi connectivity index (χ4v) is 5.36. The van der Waals surface area contributed by atoms with Crippen molar-refractivity contribution in [2.24, 2.45) is 5.92 Å². The zero-order valence-corrected chi connectivity index (χ0v) is 20.8. The van der Waals surface area contributed by atoms with Gasteiger partial charge in [-0.1, -0.05) is 35.5 Å². The highest BCUT2D eigenvalue weighted by Gasteiger charge is 2.55. The second kappa shape index (κ2) is 8.95. The van der Waals surface area contributed by atoms with Crippen LogP contribution in [0.4, 0.5) is 4.79 Å². The van der Waals surface area contributed by atoms with Crippen molar-refractivity contribution in [1.82, 2.24) is 15.0 Å². The van der Waals surface area contributed by atoms with E-state index in [0.29, 0.717) is 37.0 Å². The molecule has 5 rings (SSSR count). The van der Waals surface area contributed by atoms with Gasteiger partial charge in [-0.15, -0.1) is 0 Å². The smallest absolute Gasteiger partial charge is 0.410 e. The Labute approximate surface area is 206 Å². The summed E-state index contributed by atoms with van der Waals surface area (Å²) in [5, 5.41) is 13.6. The summed E-state index contributed by atoms with van der Waals surface area (Å²) < 4.78 is 11.5. The molecule has 2 atom stereocenters. The van der Waals surface area contributed by atoms with Gasteiger partial charge in [0.1, 0.15) is 5.60 Å². The van der Waals surface area contributed by atoms with Gasteiger partial charge in [-0.2, -0.15) is 4.98 Å². The van der Waals surface area contributed by atoms with Crippen LogP contribution in [0, 0.1) is 5.92 Å². The minimum atomic E-state index is -0.720. The third kappa shape index (κ3) is 5.21. The Kier molecular flexibility index (Phi) is 6.09. The SMILES string of the molecule is CC(C)(C)OC(=O)N(CC1(c2noc(C3CCC(C(=O)O)CC3)n2)CC1)[C@H]1C[C@@H]1c1ccccc1. The molecule has 1 aromatic carbocycles. The first-order valence-corrected chi connectivity index (χ1v) is 12.8. The number of carbonyl (C=O) groups excluding carboxylic acids is 1. The van der Waals surface area contributed by atoms with Crippen molar-refractivity contribution < 1.29 is 24.0 Å². The lowest BCUT2D eigenvalue weighted by Gasteiger charge is -2.30. The molecule has 1 aromatic heterocycles. The quantitative estimate of drug-likeness (QED) is 0.575. The topological polar surface area (TPSA) is 106 Å². The van der Waals surface area contributed by atoms with Crippen LogP contribution in [-0.4, -0.2) is 50.4 Å². The lowest BCUT2D eigenvalue weighted by Crippen LogP contribution is -2.43. The van der Waals surface area contributed by atoms with Crippen molar-refractivity contribution in [3.05, 3.63) is 47.6 Å². The number of carboxylic acids is 1. The second-order valence-corrected chi connectivity index (χ2v) is 11.6. The summed E-state index contributed by atoms with van der Waals surface area (Å²) in [5.74, 6) is 0.690. The summed E-state index contributed by atoms with van der Waals surface area (Å²) in [4.78, 5) is 31.2. The van der Waals surface area contributed by atoms with Crippen LogP contribution in [0.1, 0.15) is 94.8 Å². The van der Waals surface area contributed by atoms with E-state index in [9.17, 15) is 14.7 Å². The van der Waals surface area contributed by atoms with Crippen molar-refractivity contribution in [2.45, 2.75) is 94.6 Å². The standard InChI is InChI=1S/C27H35N3O5/c1-26(2,3)34-25(33)30(21-15-20(21)17-7-5-4-6-8-17)16-27(13-14-27)24-28-22(35-29-24)18-9-11-19(12-10-18)23(31)32/h4-8,18-21H,9-16H2,1-3H3,(H,31,32)/t18?,19?,20-,21+/m1/s1. The molecule has 2 aromatic rings. The van der Waals surface area contributed by atoms with Crippen molar-refractivity contribution in [3.63, 3.8) is 0 Å². The van der Waals surface area contributed by atoms with Crippen molar-refractivity contribution in [3.8, 4) is 0 Å². The fraction of sp³-hybridized carbons (Fsp3) is 0.630. The Morgan fingerprint density at radius 3 is 2.43 bits per heavy atom. The van der Waals surface area contributed by atoms with Gasteiger partial charge >= 0.3 is 12.1 Å². The van der Waals surface area contributed by atoms with Gasteiger partial charge in [0.05, 0.1) is 11.3 Å². The minimum absolute atomic E-state index is 0.0994. The summed E-state index contributed by atoms with van der Waals surface area (Å²) in [7, 11) is 0. The molecule has 8 nitrogen and oxygen atoms in total. The Morgan fingerprint density at radius 1 is 1.14 bits per heavy atom. The van der Waals surface area contributed by atoms with E-state index in [1.807, 2.05) is 43.9 Å². The summed E-state index contributed by atoms with van der Waals surface area (Å²) in [6.07, 6.45) is 5.20. The molecule has 0 aliphatic heterocycles. The van der Waals surface area contributed by atoms with Gasteiger partial charge < -0.3 is 19.3 Å². The largest absolute Gasteiger partial charge is 0.481 e. The molecule has 188 valence electrons. The number of rotatable bonds is 7. The van der Waals surface area contributed by atoms with E-state index in [0.717, 1.165) is 32.1 Å². The Bertz CT molecular complexity index is 1060. The molecule has 1 amide bonds. The van der Waals surface area contributed by atoms with Gasteiger partial charge in [-0.3, -0.25) is 4.79 Å². The zero-order chi connectivity index (χ0) is 24.8. The van der Waals surface area contributed by atoms with Crippen molar-refractivity contribution >= 4 is 12.1 Å². The minimum Gasteiger partial charge on any atom is -0.481 e. The molecule has 3 fully saturated rings. The number of benzene rings is 1. The van der Waals surface area contributed by atoms with Gasteiger partial charge in [0, 0.05) is 24.4 Å². The Morgan fingerprint density at radius 2 is 1.83 bits per heavy atom. The number of aliphatic carboxylic acids is 1. The maximum Gasteiger partial charge on any atom is 0.410 e. The van der Waals surface area contributed by atoms with E-state index >= 15 is 0 Å². The number of carbonyl (C=O) groups is 2. The summed E-state index contributed by atoms with van der Waals surface area (Å²) in [6.45, 7) is 6.19. The van der Waals surface area contributed by atoms with E-state index in [4.69, 9.17) is 14.2 Å². The van der Waals surface area contributed by atoms with Crippen LogP contribution in [0.15, 0.2) is 34.9 Å². The van der Waals surface area contributed by atoms with Gasteiger partial charge in [0.2, 0.25) is 5.89 Å². The molecule has 35 heavy (non-hydrogen) atoms. The number of aromatic nitrogens is 2. The molecule has 1 heterocycles. The molecule has 1 N–H and O–H groups in total. The van der Waals surface area contributed by atoms with Crippen LogP contribution in [0.5, 0.6) is 0 Å². The normalized spacial score (nSPS) is 27.2. The summed E-state index contributed by atoms with van der Waals surface area (Å²) in [5.41, 5.74) is 0.368. The molecule has 0 bridgehead atoms. The highest BCUT2D eigenvalue weighted by molar-refractivity contribution is 5.70. The van der Waals surface area contributed by atoms with E-state index in [1.54, 1.807) is 0 Å². The molecular weight excluding hydrogens is 446 g/mol. The first-order valence-electron chi connectivity index (χ1n) is 12.8. The monoisotopic (exact) mass is 481 g/mol. The van der Waals surface area contributed by atoms with Gasteiger partial charge in [-0.25, -0.2) is 4.79 Å². The fourth-order valence-electron chi connectivity index (χ4n) is 5.36. The number of hydrogen-bond acceptors (Lipinski definition) is 6. The lowest BCUT2D eigenvalue weighted by atomic mass is 9.82. The van der Waals surface area contributed by atoms with Gasteiger partial charge in [0.25, 0.3) is 0 Å². The van der Waals surface area contributed by atoms with Crippen LogP contribution in [0.3, 0.4) is 0 Å².